The largest absolute Gasteiger partial charge is 0.494 e. The molecule has 36 heavy (non-hydrogen) atoms. The number of sulfonamides is 1. The minimum atomic E-state index is -4.15. The summed E-state index contributed by atoms with van der Waals surface area (Å²) in [5.41, 5.74) is 0.948. The Morgan fingerprint density at radius 1 is 0.944 bits per heavy atom. The lowest BCUT2D eigenvalue weighted by atomic mass is 10.3. The highest BCUT2D eigenvalue weighted by Gasteiger charge is 2.28. The predicted molar refractivity (Wildman–Crippen MR) is 143 cm³/mol. The Hall–Kier alpha value is -3.37. The molecule has 8 nitrogen and oxygen atoms in total. The number of carbonyl (C=O) groups is 1. The van der Waals surface area contributed by atoms with Gasteiger partial charge in [0.25, 0.3) is 10.0 Å². The number of ether oxygens (including phenoxy) is 3. The standard InChI is InChI=1S/C26H30N2O6S2/c1-5-34-20-13-11-19(12-14-20)28(18-26(29)27-22-9-7-8-10-25(22)35-6-2)36(30,31)21-15-16-23(32-3)24(17-21)33-4/h7-17H,5-6,18H2,1-4H3,(H,27,29). The zero-order valence-electron chi connectivity index (χ0n) is 20.7. The van der Waals surface area contributed by atoms with Gasteiger partial charge in [-0.05, 0) is 61.2 Å². The number of para-hydroxylation sites is 1. The van der Waals surface area contributed by atoms with E-state index in [4.69, 9.17) is 14.2 Å². The Kier molecular flexibility index (Phi) is 9.49. The van der Waals surface area contributed by atoms with E-state index in [1.807, 2.05) is 32.0 Å². The number of carbonyl (C=O) groups excluding carboxylic acids is 1. The van der Waals surface area contributed by atoms with E-state index < -0.39 is 22.5 Å². The van der Waals surface area contributed by atoms with Gasteiger partial charge in [-0.25, -0.2) is 8.42 Å². The number of anilines is 2. The summed E-state index contributed by atoms with van der Waals surface area (Å²) in [7, 11) is -1.26. The van der Waals surface area contributed by atoms with Gasteiger partial charge in [-0.2, -0.15) is 0 Å². The number of methoxy groups -OCH3 is 2. The van der Waals surface area contributed by atoms with Crippen molar-refractivity contribution in [3.05, 3.63) is 66.7 Å². The minimum Gasteiger partial charge on any atom is -0.494 e. The lowest BCUT2D eigenvalue weighted by molar-refractivity contribution is -0.114. The molecule has 192 valence electrons. The van der Waals surface area contributed by atoms with Crippen LogP contribution in [0.25, 0.3) is 0 Å². The molecule has 0 radical (unpaired) electrons. The zero-order valence-corrected chi connectivity index (χ0v) is 22.3. The van der Waals surface area contributed by atoms with Gasteiger partial charge in [0.15, 0.2) is 11.5 Å². The molecular weight excluding hydrogens is 500 g/mol. The highest BCUT2D eigenvalue weighted by atomic mass is 32.2. The minimum absolute atomic E-state index is 0.0382. The maximum atomic E-state index is 13.8. The molecule has 0 saturated carbocycles. The van der Waals surface area contributed by atoms with Crippen LogP contribution in [0.4, 0.5) is 11.4 Å². The van der Waals surface area contributed by atoms with E-state index in [9.17, 15) is 13.2 Å². The molecule has 0 heterocycles. The van der Waals surface area contributed by atoms with E-state index in [0.717, 1.165) is 15.0 Å². The molecule has 3 rings (SSSR count). The summed E-state index contributed by atoms with van der Waals surface area (Å²) in [5.74, 6) is 1.61. The van der Waals surface area contributed by atoms with Crippen molar-refractivity contribution in [2.24, 2.45) is 0 Å². The fraction of sp³-hybridized carbons (Fsp3) is 0.269. The number of rotatable bonds is 12. The first-order valence-corrected chi connectivity index (χ1v) is 13.8. The van der Waals surface area contributed by atoms with Crippen molar-refractivity contribution in [2.75, 3.05) is 42.7 Å². The quantitative estimate of drug-likeness (QED) is 0.328. The second kappa shape index (κ2) is 12.5. The lowest BCUT2D eigenvalue weighted by Gasteiger charge is -2.25. The number of nitrogens with zero attached hydrogens (tertiary/aromatic N) is 1. The van der Waals surface area contributed by atoms with Crippen molar-refractivity contribution in [1.29, 1.82) is 0 Å². The van der Waals surface area contributed by atoms with Crippen LogP contribution in [-0.2, 0) is 14.8 Å². The summed E-state index contributed by atoms with van der Waals surface area (Å²) < 4.78 is 44.6. The van der Waals surface area contributed by atoms with Crippen LogP contribution in [0.5, 0.6) is 17.2 Å². The van der Waals surface area contributed by atoms with E-state index in [2.05, 4.69) is 5.32 Å². The Morgan fingerprint density at radius 3 is 2.28 bits per heavy atom. The van der Waals surface area contributed by atoms with Gasteiger partial charge < -0.3 is 19.5 Å². The van der Waals surface area contributed by atoms with E-state index in [-0.39, 0.29) is 10.6 Å². The smallest absolute Gasteiger partial charge is 0.264 e. The van der Waals surface area contributed by atoms with Gasteiger partial charge >= 0.3 is 0 Å². The van der Waals surface area contributed by atoms with Crippen LogP contribution >= 0.6 is 11.8 Å². The van der Waals surface area contributed by atoms with E-state index in [0.29, 0.717) is 29.5 Å². The fourth-order valence-corrected chi connectivity index (χ4v) is 5.66. The third-order valence-electron chi connectivity index (χ3n) is 5.13. The zero-order chi connectivity index (χ0) is 26.1. The van der Waals surface area contributed by atoms with Crippen LogP contribution in [0.15, 0.2) is 76.5 Å². The molecule has 0 saturated heterocycles. The van der Waals surface area contributed by atoms with E-state index >= 15 is 0 Å². The first kappa shape index (κ1) is 27.2. The molecule has 10 heteroatoms. The number of amides is 1. The molecule has 0 unspecified atom stereocenters. The second-order valence-corrected chi connectivity index (χ2v) is 10.6. The Morgan fingerprint density at radius 2 is 1.64 bits per heavy atom. The fourth-order valence-electron chi connectivity index (χ4n) is 3.47. The number of thioether (sulfide) groups is 1. The Labute approximate surface area is 216 Å². The summed E-state index contributed by atoms with van der Waals surface area (Å²) >= 11 is 1.59. The van der Waals surface area contributed by atoms with Crippen LogP contribution in [0, 0.1) is 0 Å². The Bertz CT molecular complexity index is 1280. The third-order valence-corrected chi connectivity index (χ3v) is 7.85. The molecule has 0 spiro atoms. The maximum Gasteiger partial charge on any atom is 0.264 e. The van der Waals surface area contributed by atoms with E-state index in [1.54, 1.807) is 42.1 Å². The first-order chi connectivity index (χ1) is 17.3. The van der Waals surface area contributed by atoms with E-state index in [1.165, 1.54) is 32.4 Å². The topological polar surface area (TPSA) is 94.2 Å². The van der Waals surface area contributed by atoms with Gasteiger partial charge in [-0.15, -0.1) is 11.8 Å². The maximum absolute atomic E-state index is 13.8. The highest BCUT2D eigenvalue weighted by molar-refractivity contribution is 7.99. The number of nitrogens with one attached hydrogen (secondary N) is 1. The molecule has 0 aliphatic rings. The first-order valence-electron chi connectivity index (χ1n) is 11.3. The molecular formula is C26H30N2O6S2. The molecule has 3 aromatic carbocycles. The molecule has 1 N–H and O–H groups in total. The average Bonchev–Trinajstić information content (AvgIpc) is 2.88. The van der Waals surface area contributed by atoms with Crippen molar-refractivity contribution in [3.63, 3.8) is 0 Å². The number of benzene rings is 3. The third kappa shape index (κ3) is 6.44. The Balaban J connectivity index is 1.99. The summed E-state index contributed by atoms with van der Waals surface area (Å²) in [6.45, 7) is 3.92. The summed E-state index contributed by atoms with van der Waals surface area (Å²) in [5, 5.41) is 2.86. The predicted octanol–water partition coefficient (Wildman–Crippen LogP) is 5.05. The van der Waals surface area contributed by atoms with Gasteiger partial charge in [-0.1, -0.05) is 19.1 Å². The summed E-state index contributed by atoms with van der Waals surface area (Å²) in [4.78, 5) is 14.0. The summed E-state index contributed by atoms with van der Waals surface area (Å²) in [6.07, 6.45) is 0. The average molecular weight is 531 g/mol. The highest BCUT2D eigenvalue weighted by Crippen LogP contribution is 2.33. The van der Waals surface area contributed by atoms with Gasteiger partial charge in [0, 0.05) is 11.0 Å². The van der Waals surface area contributed by atoms with Crippen LogP contribution in [0.1, 0.15) is 13.8 Å². The monoisotopic (exact) mass is 530 g/mol. The molecule has 0 aliphatic heterocycles. The van der Waals surface area contributed by atoms with Crippen molar-refractivity contribution < 1.29 is 27.4 Å². The van der Waals surface area contributed by atoms with Crippen molar-refractivity contribution in [3.8, 4) is 17.2 Å². The molecule has 0 bridgehead atoms. The van der Waals surface area contributed by atoms with Crippen LogP contribution in [0.3, 0.4) is 0 Å². The molecule has 0 aliphatic carbocycles. The van der Waals surface area contributed by atoms with Gasteiger partial charge in [0.05, 0.1) is 37.1 Å². The van der Waals surface area contributed by atoms with Crippen LogP contribution in [0.2, 0.25) is 0 Å². The van der Waals surface area contributed by atoms with Crippen molar-refractivity contribution >= 4 is 39.1 Å². The van der Waals surface area contributed by atoms with Crippen molar-refractivity contribution in [2.45, 2.75) is 23.6 Å². The summed E-state index contributed by atoms with van der Waals surface area (Å²) in [6, 6.07) is 18.3. The molecule has 1 amide bonds. The van der Waals surface area contributed by atoms with Gasteiger partial charge in [0.2, 0.25) is 5.91 Å². The normalized spacial score (nSPS) is 11.0. The molecule has 0 aromatic heterocycles. The van der Waals surface area contributed by atoms with Crippen LogP contribution in [-0.4, -0.2) is 47.4 Å². The van der Waals surface area contributed by atoms with Gasteiger partial charge in [0.1, 0.15) is 12.3 Å². The molecule has 0 fully saturated rings. The van der Waals surface area contributed by atoms with Gasteiger partial charge in [-0.3, -0.25) is 9.10 Å². The van der Waals surface area contributed by atoms with Crippen LogP contribution < -0.4 is 23.8 Å². The van der Waals surface area contributed by atoms with Crippen molar-refractivity contribution in [1.82, 2.24) is 0 Å². The number of hydrogen-bond acceptors (Lipinski definition) is 7. The number of hydrogen-bond donors (Lipinski definition) is 1. The lowest BCUT2D eigenvalue weighted by Crippen LogP contribution is -2.38. The second-order valence-electron chi connectivity index (χ2n) is 7.43. The molecule has 0 atom stereocenters. The molecule has 3 aromatic rings. The SMILES string of the molecule is CCOc1ccc(N(CC(=O)Nc2ccccc2SCC)S(=O)(=O)c2ccc(OC)c(OC)c2)cc1.